The number of aliphatic carboxylic acids is 1. The van der Waals surface area contributed by atoms with Crippen molar-refractivity contribution in [3.8, 4) is 5.75 Å². The van der Waals surface area contributed by atoms with Gasteiger partial charge in [0, 0.05) is 6.04 Å². The van der Waals surface area contributed by atoms with Crippen molar-refractivity contribution in [2.75, 3.05) is 13.2 Å². The van der Waals surface area contributed by atoms with Gasteiger partial charge in [0.1, 0.15) is 5.75 Å². The fraction of sp³-hybridized carbons (Fsp3) is 0.500. The molecule has 0 radical (unpaired) electrons. The van der Waals surface area contributed by atoms with E-state index in [1.54, 1.807) is 12.1 Å². The van der Waals surface area contributed by atoms with E-state index in [4.69, 9.17) is 9.84 Å². The molecule has 0 aliphatic rings. The summed E-state index contributed by atoms with van der Waals surface area (Å²) in [5.74, 6) is -0.0305. The summed E-state index contributed by atoms with van der Waals surface area (Å²) in [6, 6.07) is 7.70. The summed E-state index contributed by atoms with van der Waals surface area (Å²) < 4.78 is 5.56. The third-order valence-electron chi connectivity index (χ3n) is 2.42. The number of ether oxygens (including phenoxy) is 1. The van der Waals surface area contributed by atoms with E-state index in [1.165, 1.54) is 0 Å². The van der Waals surface area contributed by atoms with Crippen LogP contribution in [0, 0.1) is 0 Å². The molecule has 0 heterocycles. The fourth-order valence-corrected chi connectivity index (χ4v) is 1.53. The van der Waals surface area contributed by atoms with Crippen LogP contribution in [0.4, 0.5) is 0 Å². The zero-order valence-corrected chi connectivity index (χ0v) is 11.0. The van der Waals surface area contributed by atoms with Crippen molar-refractivity contribution in [3.63, 3.8) is 0 Å². The van der Waals surface area contributed by atoms with Crippen molar-refractivity contribution < 1.29 is 14.6 Å². The summed E-state index contributed by atoms with van der Waals surface area (Å²) in [6.45, 7) is 5.83. The van der Waals surface area contributed by atoms with Gasteiger partial charge in [-0.15, -0.1) is 0 Å². The number of carboxylic acids is 1. The lowest BCUT2D eigenvalue weighted by Crippen LogP contribution is -2.24. The smallest absolute Gasteiger partial charge is 0.307 e. The summed E-state index contributed by atoms with van der Waals surface area (Å²) in [5, 5.41) is 12.0. The Kier molecular flexibility index (Phi) is 6.22. The Morgan fingerprint density at radius 3 is 2.56 bits per heavy atom. The van der Waals surface area contributed by atoms with Gasteiger partial charge in [-0.2, -0.15) is 0 Å². The molecule has 18 heavy (non-hydrogen) atoms. The second-order valence-electron chi connectivity index (χ2n) is 4.53. The topological polar surface area (TPSA) is 58.6 Å². The second kappa shape index (κ2) is 7.71. The molecule has 1 aromatic carbocycles. The highest BCUT2D eigenvalue weighted by Crippen LogP contribution is 2.12. The summed E-state index contributed by atoms with van der Waals surface area (Å²) in [4.78, 5) is 10.5. The maximum Gasteiger partial charge on any atom is 0.307 e. The van der Waals surface area contributed by atoms with Gasteiger partial charge in [-0.3, -0.25) is 4.79 Å². The van der Waals surface area contributed by atoms with E-state index in [0.717, 1.165) is 24.3 Å². The molecule has 4 nitrogen and oxygen atoms in total. The van der Waals surface area contributed by atoms with Crippen molar-refractivity contribution in [2.45, 2.75) is 32.7 Å². The summed E-state index contributed by atoms with van der Waals surface area (Å²) in [5.41, 5.74) is 0.788. The van der Waals surface area contributed by atoms with E-state index < -0.39 is 5.97 Å². The Labute approximate surface area is 108 Å². The number of carbonyl (C=O) groups is 1. The van der Waals surface area contributed by atoms with Gasteiger partial charge in [0.15, 0.2) is 0 Å². The highest BCUT2D eigenvalue weighted by atomic mass is 16.5. The number of benzene rings is 1. The largest absolute Gasteiger partial charge is 0.494 e. The maximum absolute atomic E-state index is 10.5. The minimum Gasteiger partial charge on any atom is -0.494 e. The molecule has 0 saturated heterocycles. The minimum atomic E-state index is -0.816. The SMILES string of the molecule is CC(C)NCCCOc1ccc(CC(=O)O)cc1. The quantitative estimate of drug-likeness (QED) is 0.694. The maximum atomic E-state index is 10.5. The zero-order chi connectivity index (χ0) is 13.4. The van der Waals surface area contributed by atoms with E-state index in [2.05, 4.69) is 19.2 Å². The van der Waals surface area contributed by atoms with Gasteiger partial charge in [0.05, 0.1) is 13.0 Å². The van der Waals surface area contributed by atoms with Crippen molar-refractivity contribution in [1.82, 2.24) is 5.32 Å². The molecule has 0 spiro atoms. The first-order chi connectivity index (χ1) is 8.58. The molecule has 2 N–H and O–H groups in total. The van der Waals surface area contributed by atoms with Crippen LogP contribution < -0.4 is 10.1 Å². The van der Waals surface area contributed by atoms with Gasteiger partial charge < -0.3 is 15.2 Å². The van der Waals surface area contributed by atoms with Crippen molar-refractivity contribution in [3.05, 3.63) is 29.8 Å². The number of hydrogen-bond donors (Lipinski definition) is 2. The van der Waals surface area contributed by atoms with Gasteiger partial charge in [-0.05, 0) is 30.7 Å². The van der Waals surface area contributed by atoms with Crippen LogP contribution in [0.25, 0.3) is 0 Å². The van der Waals surface area contributed by atoms with Gasteiger partial charge in [-0.1, -0.05) is 26.0 Å². The van der Waals surface area contributed by atoms with Gasteiger partial charge in [-0.25, -0.2) is 0 Å². The molecule has 0 atom stereocenters. The molecule has 4 heteroatoms. The van der Waals surface area contributed by atoms with Crippen molar-refractivity contribution in [1.29, 1.82) is 0 Å². The van der Waals surface area contributed by atoms with Crippen LogP contribution in [-0.2, 0) is 11.2 Å². The molecule has 0 aliphatic heterocycles. The van der Waals surface area contributed by atoms with E-state index in [0.29, 0.717) is 12.6 Å². The molecule has 0 aliphatic carbocycles. The van der Waals surface area contributed by atoms with E-state index in [-0.39, 0.29) is 6.42 Å². The molecular formula is C14H21NO3. The van der Waals surface area contributed by atoms with Gasteiger partial charge >= 0.3 is 5.97 Å². The van der Waals surface area contributed by atoms with Crippen molar-refractivity contribution in [2.24, 2.45) is 0 Å². The average molecular weight is 251 g/mol. The first-order valence-corrected chi connectivity index (χ1v) is 6.25. The Balaban J connectivity index is 2.24. The molecule has 0 unspecified atom stereocenters. The molecule has 0 aromatic heterocycles. The molecule has 1 rings (SSSR count). The van der Waals surface area contributed by atoms with E-state index in [1.807, 2.05) is 12.1 Å². The van der Waals surface area contributed by atoms with Gasteiger partial charge in [0.2, 0.25) is 0 Å². The molecule has 1 aromatic rings. The summed E-state index contributed by atoms with van der Waals surface area (Å²) in [7, 11) is 0. The Hall–Kier alpha value is -1.55. The Morgan fingerprint density at radius 1 is 1.33 bits per heavy atom. The standard InChI is InChI=1S/C14H21NO3/c1-11(2)15-8-3-9-18-13-6-4-12(5-7-13)10-14(16)17/h4-7,11,15H,3,8-10H2,1-2H3,(H,16,17). The van der Waals surface area contributed by atoms with Crippen LogP contribution in [0.15, 0.2) is 24.3 Å². The normalized spacial score (nSPS) is 10.6. The van der Waals surface area contributed by atoms with Crippen LogP contribution >= 0.6 is 0 Å². The lowest BCUT2D eigenvalue weighted by atomic mass is 10.1. The number of hydrogen-bond acceptors (Lipinski definition) is 3. The van der Waals surface area contributed by atoms with Crippen LogP contribution in [0.2, 0.25) is 0 Å². The first-order valence-electron chi connectivity index (χ1n) is 6.25. The lowest BCUT2D eigenvalue weighted by molar-refractivity contribution is -0.136. The lowest BCUT2D eigenvalue weighted by Gasteiger charge is -2.09. The molecule has 0 amide bonds. The van der Waals surface area contributed by atoms with E-state index >= 15 is 0 Å². The molecule has 0 saturated carbocycles. The Morgan fingerprint density at radius 2 is 2.00 bits per heavy atom. The highest BCUT2D eigenvalue weighted by molar-refractivity contribution is 5.70. The minimum absolute atomic E-state index is 0.0542. The molecule has 100 valence electrons. The molecule has 0 bridgehead atoms. The van der Waals surface area contributed by atoms with Crippen molar-refractivity contribution >= 4 is 5.97 Å². The number of nitrogens with one attached hydrogen (secondary N) is 1. The second-order valence-corrected chi connectivity index (χ2v) is 4.53. The predicted molar refractivity (Wildman–Crippen MR) is 71.0 cm³/mol. The number of carboxylic acid groups (broad SMARTS) is 1. The van der Waals surface area contributed by atoms with Crippen LogP contribution in [-0.4, -0.2) is 30.3 Å². The third kappa shape index (κ3) is 6.25. The van der Waals surface area contributed by atoms with Crippen LogP contribution in [0.1, 0.15) is 25.8 Å². The van der Waals surface area contributed by atoms with Crippen LogP contribution in [0.3, 0.4) is 0 Å². The zero-order valence-electron chi connectivity index (χ0n) is 11.0. The average Bonchev–Trinajstić information content (AvgIpc) is 2.30. The van der Waals surface area contributed by atoms with Gasteiger partial charge in [0.25, 0.3) is 0 Å². The summed E-state index contributed by atoms with van der Waals surface area (Å²) >= 11 is 0. The molecular weight excluding hydrogens is 230 g/mol. The first kappa shape index (κ1) is 14.5. The Bertz CT molecular complexity index is 360. The predicted octanol–water partition coefficient (Wildman–Crippen LogP) is 2.08. The van der Waals surface area contributed by atoms with E-state index in [9.17, 15) is 4.79 Å². The monoisotopic (exact) mass is 251 g/mol. The summed E-state index contributed by atoms with van der Waals surface area (Å²) in [6.07, 6.45) is 1.01. The fourth-order valence-electron chi connectivity index (χ4n) is 1.53. The number of rotatable bonds is 8. The molecule has 0 fully saturated rings. The van der Waals surface area contributed by atoms with Crippen LogP contribution in [0.5, 0.6) is 5.75 Å². The third-order valence-corrected chi connectivity index (χ3v) is 2.42. The highest BCUT2D eigenvalue weighted by Gasteiger charge is 2.00.